The molecule has 0 saturated carbocycles. The van der Waals surface area contributed by atoms with E-state index in [9.17, 15) is 8.42 Å². The van der Waals surface area contributed by atoms with Crippen LogP contribution in [-0.4, -0.2) is 93.2 Å². The molecule has 63 heavy (non-hydrogen) atoms. The molecule has 1 fully saturated rings. The van der Waals surface area contributed by atoms with Crippen LogP contribution in [0.5, 0.6) is 17.2 Å². The Morgan fingerprint density at radius 1 is 0.825 bits per heavy atom. The van der Waals surface area contributed by atoms with Crippen LogP contribution in [0.15, 0.2) is 118 Å². The van der Waals surface area contributed by atoms with Gasteiger partial charge in [-0.1, -0.05) is 48.5 Å². The lowest BCUT2D eigenvalue weighted by atomic mass is 10.0. The molecular weight excluding hydrogens is 915 g/mol. The molecule has 16 nitrogen and oxygen atoms in total. The van der Waals surface area contributed by atoms with Crippen molar-refractivity contribution in [3.63, 3.8) is 0 Å². The SMILES string of the molecule is [CH2][C@@H](COC1CCCCO1)NS(=O)(=O)c1ccc(-c2cccc(Br)n2)c(-c2nnn(Cc3ccc(OC)cc3)n2)c1S(=O)(=O)N(Cc1ccc(OC)cc1)Cc1ccc(OC)cc1. The van der Waals surface area contributed by atoms with Crippen molar-refractivity contribution >= 4 is 36.0 Å². The van der Waals surface area contributed by atoms with Gasteiger partial charge in [-0.25, -0.2) is 26.5 Å². The molecule has 7 rings (SSSR count). The lowest BCUT2D eigenvalue weighted by Gasteiger charge is -2.27. The van der Waals surface area contributed by atoms with Gasteiger partial charge in [-0.05, 0) is 119 Å². The van der Waals surface area contributed by atoms with Crippen molar-refractivity contribution in [1.29, 1.82) is 0 Å². The summed E-state index contributed by atoms with van der Waals surface area (Å²) < 4.78 is 93.1. The number of benzene rings is 4. The molecule has 19 heteroatoms. The molecule has 4 aromatic carbocycles. The summed E-state index contributed by atoms with van der Waals surface area (Å²) in [5.41, 5.74) is 2.42. The van der Waals surface area contributed by atoms with Crippen LogP contribution in [-0.2, 0) is 49.2 Å². The second-order valence-electron chi connectivity index (χ2n) is 14.6. The van der Waals surface area contributed by atoms with Gasteiger partial charge in [0.1, 0.15) is 31.6 Å². The average molecular weight is 962 g/mol. The number of pyridine rings is 1. The molecule has 331 valence electrons. The second kappa shape index (κ2) is 20.5. The van der Waals surface area contributed by atoms with Crippen molar-refractivity contribution in [3.05, 3.63) is 131 Å². The molecule has 0 amide bonds. The predicted octanol–water partition coefficient (Wildman–Crippen LogP) is 6.65. The standard InChI is InChI=1S/C44H47BrN7O9S2/c1-30(29-61-41-10-5-6-25-60-41)49-62(53,54)39-24-23-37(38-8-7-9-40(45)46-38)42(44-47-50-52(48-44)28-33-15-21-36(59-4)22-16-33)43(39)63(55,56)51(26-31-11-17-34(57-2)18-12-31)27-32-13-19-35(58-3)20-14-32/h7-9,11-24,30,41,49H,1,5-6,10,25-29H2,2-4H3/t30-,41?/m0/s1. The predicted molar refractivity (Wildman–Crippen MR) is 238 cm³/mol. The number of aromatic nitrogens is 5. The molecule has 3 heterocycles. The first kappa shape index (κ1) is 45.7. The lowest BCUT2D eigenvalue weighted by Crippen LogP contribution is -2.39. The van der Waals surface area contributed by atoms with Crippen LogP contribution in [0.25, 0.3) is 22.6 Å². The van der Waals surface area contributed by atoms with Gasteiger partial charge in [-0.3, -0.25) is 0 Å². The number of halogens is 1. The number of nitrogens with zero attached hydrogens (tertiary/aromatic N) is 6. The smallest absolute Gasteiger partial charge is 0.245 e. The Hall–Kier alpha value is -5.28. The normalized spacial score (nSPS) is 15.0. The summed E-state index contributed by atoms with van der Waals surface area (Å²) in [5.74, 6) is 1.65. The van der Waals surface area contributed by atoms with Crippen molar-refractivity contribution in [2.24, 2.45) is 0 Å². The van der Waals surface area contributed by atoms with Gasteiger partial charge in [0.2, 0.25) is 25.9 Å². The molecule has 0 bridgehead atoms. The van der Waals surface area contributed by atoms with E-state index in [0.29, 0.717) is 51.7 Å². The topological polar surface area (TPSA) is 186 Å². The summed E-state index contributed by atoms with van der Waals surface area (Å²) in [7, 11) is -4.94. The van der Waals surface area contributed by atoms with Gasteiger partial charge in [-0.2, -0.15) is 9.10 Å². The van der Waals surface area contributed by atoms with Gasteiger partial charge in [0, 0.05) is 31.3 Å². The number of rotatable bonds is 19. The van der Waals surface area contributed by atoms with Crippen molar-refractivity contribution in [2.45, 2.75) is 61.0 Å². The van der Waals surface area contributed by atoms with Crippen molar-refractivity contribution < 1.29 is 40.5 Å². The molecule has 2 atom stereocenters. The van der Waals surface area contributed by atoms with E-state index < -0.39 is 42.2 Å². The van der Waals surface area contributed by atoms with E-state index >= 15 is 8.42 Å². The number of ether oxygens (including phenoxy) is 5. The van der Waals surface area contributed by atoms with Crippen LogP contribution in [0, 0.1) is 6.92 Å². The molecule has 1 unspecified atom stereocenters. The summed E-state index contributed by atoms with van der Waals surface area (Å²) in [5, 5.41) is 13.4. The summed E-state index contributed by atoms with van der Waals surface area (Å²) in [6.07, 6.45) is 1.96. The highest BCUT2D eigenvalue weighted by molar-refractivity contribution is 9.10. The number of sulfonamides is 2. The largest absolute Gasteiger partial charge is 0.497 e. The van der Waals surface area contributed by atoms with Gasteiger partial charge >= 0.3 is 0 Å². The van der Waals surface area contributed by atoms with Gasteiger partial charge < -0.3 is 23.7 Å². The van der Waals surface area contributed by atoms with E-state index in [1.807, 2.05) is 12.1 Å². The second-order valence-corrected chi connectivity index (χ2v) is 18.9. The van der Waals surface area contributed by atoms with Gasteiger partial charge in [0.05, 0.1) is 45.7 Å². The van der Waals surface area contributed by atoms with Gasteiger partial charge in [-0.15, -0.1) is 10.2 Å². The molecular formula is C44H47BrN7O9S2. The highest BCUT2D eigenvalue weighted by Crippen LogP contribution is 2.41. The van der Waals surface area contributed by atoms with Crippen LogP contribution < -0.4 is 18.9 Å². The summed E-state index contributed by atoms with van der Waals surface area (Å²) in [6, 6.07) is 27.9. The molecule has 1 aliphatic heterocycles. The fourth-order valence-electron chi connectivity index (χ4n) is 6.94. The number of methoxy groups -OCH3 is 3. The summed E-state index contributed by atoms with van der Waals surface area (Å²) in [4.78, 5) is 4.79. The minimum absolute atomic E-state index is 0.133. The minimum atomic E-state index is -4.87. The third-order valence-electron chi connectivity index (χ3n) is 10.1. The summed E-state index contributed by atoms with van der Waals surface area (Å²) in [6.45, 7) is 4.20. The monoisotopic (exact) mass is 960 g/mol. The summed E-state index contributed by atoms with van der Waals surface area (Å²) >= 11 is 3.44. The molecule has 1 saturated heterocycles. The zero-order valence-corrected chi connectivity index (χ0v) is 38.1. The fraction of sp³-hybridized carbons (Fsp3) is 0.295. The van der Waals surface area contributed by atoms with Crippen LogP contribution in [0.1, 0.15) is 36.0 Å². The molecule has 2 aromatic heterocycles. The lowest BCUT2D eigenvalue weighted by molar-refractivity contribution is -0.163. The Bertz CT molecular complexity index is 2650. The van der Waals surface area contributed by atoms with E-state index in [1.54, 1.807) is 86.0 Å². The molecule has 0 spiro atoms. The van der Waals surface area contributed by atoms with E-state index in [2.05, 4.69) is 48.0 Å². The van der Waals surface area contributed by atoms with Crippen LogP contribution in [0.3, 0.4) is 0 Å². The fourth-order valence-corrected chi connectivity index (χ4v) is 10.8. The maximum absolute atomic E-state index is 15.9. The Kier molecular flexibility index (Phi) is 14.9. The van der Waals surface area contributed by atoms with Gasteiger partial charge in [0.25, 0.3) is 0 Å². The quantitative estimate of drug-likeness (QED) is 0.0852. The van der Waals surface area contributed by atoms with Crippen LogP contribution in [0.4, 0.5) is 0 Å². The van der Waals surface area contributed by atoms with Gasteiger partial charge in [0.15, 0.2) is 6.29 Å². The van der Waals surface area contributed by atoms with E-state index in [-0.39, 0.29) is 43.2 Å². The maximum atomic E-state index is 15.9. The van der Waals surface area contributed by atoms with Crippen LogP contribution in [0.2, 0.25) is 0 Å². The zero-order valence-electron chi connectivity index (χ0n) is 34.9. The zero-order chi connectivity index (χ0) is 44.6. The van der Waals surface area contributed by atoms with Crippen LogP contribution >= 0.6 is 15.9 Å². The molecule has 1 radical (unpaired) electrons. The third-order valence-corrected chi connectivity index (χ3v) is 14.2. The van der Waals surface area contributed by atoms with E-state index in [4.69, 9.17) is 23.7 Å². The average Bonchev–Trinajstić information content (AvgIpc) is 3.76. The number of hydrogen-bond donors (Lipinski definition) is 1. The highest BCUT2D eigenvalue weighted by Gasteiger charge is 2.38. The first-order chi connectivity index (χ1) is 30.4. The molecule has 1 N–H and O–H groups in total. The van der Waals surface area contributed by atoms with Crippen molar-refractivity contribution in [1.82, 2.24) is 34.2 Å². The number of tetrazole rings is 1. The number of nitrogens with one attached hydrogen (secondary N) is 1. The van der Waals surface area contributed by atoms with Crippen molar-refractivity contribution in [2.75, 3.05) is 34.5 Å². The van der Waals surface area contributed by atoms with E-state index in [0.717, 1.165) is 18.4 Å². The number of hydrogen-bond acceptors (Lipinski definition) is 13. The maximum Gasteiger partial charge on any atom is 0.245 e. The Morgan fingerprint density at radius 2 is 1.43 bits per heavy atom. The first-order valence-corrected chi connectivity index (χ1v) is 23.6. The Labute approximate surface area is 375 Å². The minimum Gasteiger partial charge on any atom is -0.497 e. The highest BCUT2D eigenvalue weighted by atomic mass is 79.9. The third kappa shape index (κ3) is 11.3. The Morgan fingerprint density at radius 3 is 1.98 bits per heavy atom. The first-order valence-electron chi connectivity index (χ1n) is 19.9. The molecule has 6 aromatic rings. The Balaban J connectivity index is 1.42. The van der Waals surface area contributed by atoms with E-state index in [1.165, 1.54) is 35.5 Å². The molecule has 0 aliphatic carbocycles. The molecule has 1 aliphatic rings. The van der Waals surface area contributed by atoms with Crippen molar-refractivity contribution in [3.8, 4) is 39.9 Å².